The number of hydrogen-bond donors (Lipinski definition) is 2. The number of aromatic nitrogens is 2. The summed E-state index contributed by atoms with van der Waals surface area (Å²) in [5.74, 6) is -0.258. The second-order valence-corrected chi connectivity index (χ2v) is 9.16. The smallest absolute Gasteiger partial charge is 0.266 e. The molecule has 2 amide bonds. The highest BCUT2D eigenvalue weighted by atomic mass is 32.2. The van der Waals surface area contributed by atoms with Crippen molar-refractivity contribution in [2.75, 3.05) is 32.6 Å². The molecule has 190 valence electrons. The maximum Gasteiger partial charge on any atom is 0.266 e. The van der Waals surface area contributed by atoms with E-state index in [1.807, 2.05) is 36.4 Å². The Bertz CT molecular complexity index is 1420. The van der Waals surface area contributed by atoms with Gasteiger partial charge in [-0.05, 0) is 48.4 Å². The lowest BCUT2D eigenvalue weighted by atomic mass is 10.1. The van der Waals surface area contributed by atoms with Crippen molar-refractivity contribution >= 4 is 34.5 Å². The molecular formula is C28H28N4O4S. The first kappa shape index (κ1) is 26.1. The molecule has 3 aromatic carbocycles. The van der Waals surface area contributed by atoms with Gasteiger partial charge in [0.05, 0.1) is 29.0 Å². The number of benzene rings is 3. The van der Waals surface area contributed by atoms with Gasteiger partial charge in [-0.1, -0.05) is 54.2 Å². The zero-order valence-electron chi connectivity index (χ0n) is 20.5. The number of ether oxygens (including phenoxy) is 1. The second-order valence-electron chi connectivity index (χ2n) is 8.22. The average Bonchev–Trinajstić information content (AvgIpc) is 2.93. The molecule has 0 unspecified atom stereocenters. The number of hydrogen-bond acceptors (Lipinski definition) is 6. The molecule has 0 bridgehead atoms. The van der Waals surface area contributed by atoms with Gasteiger partial charge in [-0.15, -0.1) is 0 Å². The molecular weight excluding hydrogens is 488 g/mol. The molecule has 9 heteroatoms. The fourth-order valence-corrected chi connectivity index (χ4v) is 4.58. The number of methoxy groups -OCH3 is 1. The van der Waals surface area contributed by atoms with Crippen LogP contribution in [-0.4, -0.2) is 53.9 Å². The van der Waals surface area contributed by atoms with Crippen LogP contribution in [0.5, 0.6) is 0 Å². The van der Waals surface area contributed by atoms with Crippen LogP contribution in [-0.2, 0) is 16.0 Å². The molecule has 4 rings (SSSR count). The summed E-state index contributed by atoms with van der Waals surface area (Å²) in [6.07, 6.45) is 0.738. The molecule has 0 aliphatic rings. The van der Waals surface area contributed by atoms with Crippen molar-refractivity contribution in [2.24, 2.45) is 0 Å². The lowest BCUT2D eigenvalue weighted by Crippen LogP contribution is -2.28. The van der Waals surface area contributed by atoms with E-state index in [4.69, 9.17) is 4.74 Å². The molecule has 1 heterocycles. The zero-order valence-corrected chi connectivity index (χ0v) is 21.3. The summed E-state index contributed by atoms with van der Waals surface area (Å²) in [4.78, 5) is 43.0. The molecule has 4 aromatic rings. The standard InChI is InChI=1S/C28H28N4O4S/c1-36-18-17-30-26(34)21-11-13-22(14-12-21)32-27(35)23-9-5-6-10-24(23)31-28(32)37-19-25(33)29-16-15-20-7-3-2-4-8-20/h2-14H,15-19H2,1H3,(H,29,33)(H,30,34). The van der Waals surface area contributed by atoms with Gasteiger partial charge in [-0.3, -0.25) is 19.0 Å². The molecule has 0 atom stereocenters. The number of nitrogens with zero attached hydrogens (tertiary/aromatic N) is 2. The Morgan fingerprint density at radius 1 is 0.919 bits per heavy atom. The number of nitrogens with one attached hydrogen (secondary N) is 2. The topological polar surface area (TPSA) is 102 Å². The summed E-state index contributed by atoms with van der Waals surface area (Å²) in [5.41, 5.74) is 2.49. The molecule has 0 saturated heterocycles. The summed E-state index contributed by atoms with van der Waals surface area (Å²) in [6, 6.07) is 23.8. The summed E-state index contributed by atoms with van der Waals surface area (Å²) < 4.78 is 6.44. The van der Waals surface area contributed by atoms with Gasteiger partial charge in [-0.2, -0.15) is 0 Å². The van der Waals surface area contributed by atoms with Crippen LogP contribution in [0.15, 0.2) is 88.8 Å². The lowest BCUT2D eigenvalue weighted by molar-refractivity contribution is -0.118. The molecule has 0 aliphatic carbocycles. The number of thioether (sulfide) groups is 1. The fourth-order valence-electron chi connectivity index (χ4n) is 3.74. The molecule has 1 aromatic heterocycles. The summed E-state index contributed by atoms with van der Waals surface area (Å²) in [5, 5.41) is 6.57. The molecule has 0 saturated carbocycles. The van der Waals surface area contributed by atoms with E-state index in [1.165, 1.54) is 16.3 Å². The SMILES string of the molecule is COCCNC(=O)c1ccc(-n2c(SCC(=O)NCCc3ccccc3)nc3ccccc3c2=O)cc1. The van der Waals surface area contributed by atoms with Crippen molar-refractivity contribution in [1.82, 2.24) is 20.2 Å². The third-order valence-corrected chi connectivity index (χ3v) is 6.57. The number of fused-ring (bicyclic) bond motifs is 1. The average molecular weight is 517 g/mol. The molecule has 2 N–H and O–H groups in total. The van der Waals surface area contributed by atoms with Gasteiger partial charge >= 0.3 is 0 Å². The van der Waals surface area contributed by atoms with E-state index in [2.05, 4.69) is 15.6 Å². The Kier molecular flexibility index (Phi) is 9.07. The first-order valence-corrected chi connectivity index (χ1v) is 12.9. The lowest BCUT2D eigenvalue weighted by Gasteiger charge is -2.14. The van der Waals surface area contributed by atoms with Crippen LogP contribution >= 0.6 is 11.8 Å². The Labute approximate surface area is 219 Å². The van der Waals surface area contributed by atoms with Crippen LogP contribution in [0.25, 0.3) is 16.6 Å². The van der Waals surface area contributed by atoms with E-state index in [9.17, 15) is 14.4 Å². The summed E-state index contributed by atoms with van der Waals surface area (Å²) >= 11 is 1.20. The quantitative estimate of drug-likeness (QED) is 0.180. The van der Waals surface area contributed by atoms with Gasteiger partial charge in [0.2, 0.25) is 5.91 Å². The predicted octanol–water partition coefficient (Wildman–Crippen LogP) is 3.21. The van der Waals surface area contributed by atoms with E-state index in [0.29, 0.717) is 47.0 Å². The number of carbonyl (C=O) groups is 2. The third-order valence-electron chi connectivity index (χ3n) is 5.64. The maximum atomic E-state index is 13.4. The van der Waals surface area contributed by atoms with Crippen LogP contribution < -0.4 is 16.2 Å². The largest absolute Gasteiger partial charge is 0.383 e. The van der Waals surface area contributed by atoms with Crippen molar-refractivity contribution < 1.29 is 14.3 Å². The van der Waals surface area contributed by atoms with Gasteiger partial charge in [0.15, 0.2) is 5.16 Å². The highest BCUT2D eigenvalue weighted by molar-refractivity contribution is 7.99. The minimum Gasteiger partial charge on any atom is -0.383 e. The zero-order chi connectivity index (χ0) is 26.0. The van der Waals surface area contributed by atoms with Crippen LogP contribution in [0.4, 0.5) is 0 Å². The van der Waals surface area contributed by atoms with Gasteiger partial charge in [0, 0.05) is 25.8 Å². The highest BCUT2D eigenvalue weighted by Gasteiger charge is 2.15. The third kappa shape index (κ3) is 6.84. The first-order valence-electron chi connectivity index (χ1n) is 11.9. The first-order chi connectivity index (χ1) is 18.1. The molecule has 8 nitrogen and oxygen atoms in total. The molecule has 0 fully saturated rings. The van der Waals surface area contributed by atoms with E-state index >= 15 is 0 Å². The molecule has 0 spiro atoms. The van der Waals surface area contributed by atoms with E-state index in [1.54, 1.807) is 49.6 Å². The monoisotopic (exact) mass is 516 g/mol. The van der Waals surface area contributed by atoms with Crippen molar-refractivity contribution in [2.45, 2.75) is 11.6 Å². The van der Waals surface area contributed by atoms with Gasteiger partial charge in [0.25, 0.3) is 11.5 Å². The van der Waals surface area contributed by atoms with Gasteiger partial charge in [0.1, 0.15) is 0 Å². The Morgan fingerprint density at radius 2 is 1.65 bits per heavy atom. The minimum atomic E-state index is -0.241. The summed E-state index contributed by atoms with van der Waals surface area (Å²) in [7, 11) is 1.57. The van der Waals surface area contributed by atoms with Crippen molar-refractivity contribution in [1.29, 1.82) is 0 Å². The maximum absolute atomic E-state index is 13.4. The van der Waals surface area contributed by atoms with Crippen LogP contribution in [0.2, 0.25) is 0 Å². The predicted molar refractivity (Wildman–Crippen MR) is 145 cm³/mol. The Balaban J connectivity index is 1.52. The number of amides is 2. The number of para-hydroxylation sites is 1. The van der Waals surface area contributed by atoms with E-state index in [0.717, 1.165) is 12.0 Å². The van der Waals surface area contributed by atoms with Crippen molar-refractivity contribution in [3.63, 3.8) is 0 Å². The second kappa shape index (κ2) is 12.8. The molecule has 37 heavy (non-hydrogen) atoms. The normalized spacial score (nSPS) is 10.8. The summed E-state index contributed by atoms with van der Waals surface area (Å²) in [6.45, 7) is 1.34. The van der Waals surface area contributed by atoms with Gasteiger partial charge < -0.3 is 15.4 Å². The van der Waals surface area contributed by atoms with E-state index < -0.39 is 0 Å². The van der Waals surface area contributed by atoms with Gasteiger partial charge in [-0.25, -0.2) is 4.98 Å². The van der Waals surface area contributed by atoms with Crippen LogP contribution in [0, 0.1) is 0 Å². The highest BCUT2D eigenvalue weighted by Crippen LogP contribution is 2.21. The fraction of sp³-hybridized carbons (Fsp3) is 0.214. The molecule has 0 radical (unpaired) electrons. The van der Waals surface area contributed by atoms with Crippen molar-refractivity contribution in [3.8, 4) is 5.69 Å². The molecule has 0 aliphatic heterocycles. The Hall–Kier alpha value is -3.95. The minimum absolute atomic E-state index is 0.111. The van der Waals surface area contributed by atoms with Crippen LogP contribution in [0.3, 0.4) is 0 Å². The Morgan fingerprint density at radius 3 is 2.41 bits per heavy atom. The number of carbonyl (C=O) groups excluding carboxylic acids is 2. The van der Waals surface area contributed by atoms with Crippen molar-refractivity contribution in [3.05, 3.63) is 100 Å². The van der Waals surface area contributed by atoms with Crippen LogP contribution in [0.1, 0.15) is 15.9 Å². The number of rotatable bonds is 11. The van der Waals surface area contributed by atoms with E-state index in [-0.39, 0.29) is 23.1 Å².